The second-order valence-electron chi connectivity index (χ2n) is 7.11. The minimum absolute atomic E-state index is 0.0413. The van der Waals surface area contributed by atoms with Gasteiger partial charge in [0.1, 0.15) is 5.82 Å². The summed E-state index contributed by atoms with van der Waals surface area (Å²) < 4.78 is 7.32. The third-order valence-corrected chi connectivity index (χ3v) is 5.35. The molecule has 0 aliphatic carbocycles. The number of anilines is 1. The van der Waals surface area contributed by atoms with Crippen LogP contribution in [-0.4, -0.2) is 51.1 Å². The summed E-state index contributed by atoms with van der Waals surface area (Å²) in [7, 11) is 2.02. The molecule has 2 aliphatic heterocycles. The Morgan fingerprint density at radius 1 is 1.26 bits per heavy atom. The first-order valence-electron chi connectivity index (χ1n) is 9.22. The van der Waals surface area contributed by atoms with Crippen molar-refractivity contribution in [1.29, 1.82) is 0 Å². The minimum atomic E-state index is 0.0413. The van der Waals surface area contributed by atoms with Gasteiger partial charge in [0.2, 0.25) is 0 Å². The Balaban J connectivity index is 1.33. The molecule has 2 aromatic heterocycles. The van der Waals surface area contributed by atoms with Crippen molar-refractivity contribution in [2.24, 2.45) is 7.05 Å². The predicted octanol–water partition coefficient (Wildman–Crippen LogP) is 1.98. The lowest BCUT2D eigenvalue weighted by Gasteiger charge is -2.28. The van der Waals surface area contributed by atoms with Crippen LogP contribution < -0.4 is 5.32 Å². The lowest BCUT2D eigenvalue weighted by molar-refractivity contribution is 0.0210. The number of benzene rings is 1. The van der Waals surface area contributed by atoms with Crippen LogP contribution in [0.2, 0.25) is 0 Å². The Morgan fingerprint density at radius 2 is 2.11 bits per heavy atom. The molecule has 5 rings (SSSR count). The number of hydrogen-bond acceptors (Lipinski definition) is 5. The van der Waals surface area contributed by atoms with Gasteiger partial charge in [-0.1, -0.05) is 12.1 Å². The van der Waals surface area contributed by atoms with E-state index in [2.05, 4.69) is 20.9 Å². The molecule has 4 heterocycles. The first-order chi connectivity index (χ1) is 13.2. The number of rotatable bonds is 5. The standard InChI is InChI=1S/C20H21N5O2/c1-24-17-5-3-2-4-14(17)23-18(24)7-9-25-10-16-19(20(25)26)15(6-8-21-16)22-13-11-27-12-13/h2-6,8,13H,7,9-12H2,1H3,(H,21,22). The van der Waals surface area contributed by atoms with Gasteiger partial charge in [-0.05, 0) is 18.2 Å². The summed E-state index contributed by atoms with van der Waals surface area (Å²) in [6.45, 7) is 2.54. The van der Waals surface area contributed by atoms with Gasteiger partial charge in [0.25, 0.3) is 5.91 Å². The number of carbonyl (C=O) groups is 1. The molecule has 1 aromatic carbocycles. The molecule has 0 spiro atoms. The molecule has 0 unspecified atom stereocenters. The van der Waals surface area contributed by atoms with Crippen molar-refractivity contribution in [2.45, 2.75) is 19.0 Å². The van der Waals surface area contributed by atoms with Gasteiger partial charge in [0, 0.05) is 26.2 Å². The molecule has 0 atom stereocenters. The van der Waals surface area contributed by atoms with E-state index in [-0.39, 0.29) is 11.9 Å². The fraction of sp³-hybridized carbons (Fsp3) is 0.350. The lowest BCUT2D eigenvalue weighted by atomic mass is 10.1. The topological polar surface area (TPSA) is 72.3 Å². The zero-order chi connectivity index (χ0) is 18.4. The van der Waals surface area contributed by atoms with Crippen molar-refractivity contribution < 1.29 is 9.53 Å². The lowest BCUT2D eigenvalue weighted by Crippen LogP contribution is -2.40. The molecule has 0 bridgehead atoms. The van der Waals surface area contributed by atoms with E-state index < -0.39 is 0 Å². The number of aromatic nitrogens is 3. The Labute approximate surface area is 157 Å². The first-order valence-corrected chi connectivity index (χ1v) is 9.22. The molecule has 1 fully saturated rings. The summed E-state index contributed by atoms with van der Waals surface area (Å²) in [5, 5.41) is 3.40. The van der Waals surface area contributed by atoms with E-state index >= 15 is 0 Å². The molecular formula is C20H21N5O2. The third-order valence-electron chi connectivity index (χ3n) is 5.35. The van der Waals surface area contributed by atoms with Gasteiger partial charge in [0.15, 0.2) is 0 Å². The Hall–Kier alpha value is -2.93. The quantitative estimate of drug-likeness (QED) is 0.750. The van der Waals surface area contributed by atoms with Gasteiger partial charge < -0.3 is 19.5 Å². The number of carbonyl (C=O) groups excluding carboxylic acids is 1. The van der Waals surface area contributed by atoms with Gasteiger partial charge in [-0.3, -0.25) is 9.78 Å². The first kappa shape index (κ1) is 16.3. The molecule has 0 radical (unpaired) electrons. The number of para-hydroxylation sites is 2. The molecule has 1 amide bonds. The highest BCUT2D eigenvalue weighted by atomic mass is 16.5. The molecular weight excluding hydrogens is 342 g/mol. The largest absolute Gasteiger partial charge is 0.377 e. The number of nitrogens with one attached hydrogen (secondary N) is 1. The second kappa shape index (κ2) is 6.35. The van der Waals surface area contributed by atoms with Crippen LogP contribution in [0.25, 0.3) is 11.0 Å². The number of amides is 1. The second-order valence-corrected chi connectivity index (χ2v) is 7.11. The van der Waals surface area contributed by atoms with E-state index in [0.717, 1.165) is 28.2 Å². The van der Waals surface area contributed by atoms with E-state index in [4.69, 9.17) is 9.72 Å². The van der Waals surface area contributed by atoms with E-state index in [1.165, 1.54) is 0 Å². The monoisotopic (exact) mass is 363 g/mol. The zero-order valence-corrected chi connectivity index (χ0v) is 15.2. The normalized spacial score (nSPS) is 16.6. The highest BCUT2D eigenvalue weighted by Gasteiger charge is 2.32. The van der Waals surface area contributed by atoms with E-state index in [1.807, 2.05) is 36.2 Å². The van der Waals surface area contributed by atoms with Crippen LogP contribution in [0, 0.1) is 0 Å². The molecule has 1 N–H and O–H groups in total. The third kappa shape index (κ3) is 2.75. The number of pyridine rings is 1. The SMILES string of the molecule is Cn1c(CCN2Cc3nccc(NC4COC4)c3C2=O)nc2ccccc21. The average Bonchev–Trinajstić information content (AvgIpc) is 3.14. The number of imidazole rings is 1. The van der Waals surface area contributed by atoms with Crippen LogP contribution in [0.3, 0.4) is 0 Å². The van der Waals surface area contributed by atoms with Crippen LogP contribution >= 0.6 is 0 Å². The smallest absolute Gasteiger partial charge is 0.258 e. The van der Waals surface area contributed by atoms with E-state index in [0.29, 0.717) is 38.3 Å². The van der Waals surface area contributed by atoms with Crippen molar-refractivity contribution in [3.8, 4) is 0 Å². The number of fused-ring (bicyclic) bond motifs is 2. The number of aryl methyl sites for hydroxylation is 1. The summed E-state index contributed by atoms with van der Waals surface area (Å²) in [6, 6.07) is 10.2. The molecule has 138 valence electrons. The number of nitrogens with zero attached hydrogens (tertiary/aromatic N) is 4. The minimum Gasteiger partial charge on any atom is -0.377 e. The van der Waals surface area contributed by atoms with Gasteiger partial charge in [0.05, 0.1) is 53.8 Å². The molecule has 1 saturated heterocycles. The number of hydrogen-bond donors (Lipinski definition) is 1. The summed E-state index contributed by atoms with van der Waals surface area (Å²) in [5.41, 5.74) is 4.51. The van der Waals surface area contributed by atoms with Crippen LogP contribution in [0.5, 0.6) is 0 Å². The highest BCUT2D eigenvalue weighted by Crippen LogP contribution is 2.29. The van der Waals surface area contributed by atoms with Gasteiger partial charge >= 0.3 is 0 Å². The summed E-state index contributed by atoms with van der Waals surface area (Å²) >= 11 is 0. The van der Waals surface area contributed by atoms with Gasteiger partial charge in [-0.2, -0.15) is 0 Å². The number of ether oxygens (including phenoxy) is 1. The zero-order valence-electron chi connectivity index (χ0n) is 15.2. The maximum absolute atomic E-state index is 13.0. The summed E-state index contributed by atoms with van der Waals surface area (Å²) in [5.74, 6) is 1.03. The van der Waals surface area contributed by atoms with Crippen molar-refractivity contribution >= 4 is 22.6 Å². The maximum Gasteiger partial charge on any atom is 0.258 e. The fourth-order valence-electron chi connectivity index (χ4n) is 3.77. The van der Waals surface area contributed by atoms with Gasteiger partial charge in [-0.25, -0.2) is 4.98 Å². The summed E-state index contributed by atoms with van der Waals surface area (Å²) in [4.78, 5) is 24.0. The average molecular weight is 363 g/mol. The Kier molecular flexibility index (Phi) is 3.82. The van der Waals surface area contributed by atoms with Crippen molar-refractivity contribution in [1.82, 2.24) is 19.4 Å². The van der Waals surface area contributed by atoms with E-state index in [9.17, 15) is 4.79 Å². The fourth-order valence-corrected chi connectivity index (χ4v) is 3.77. The molecule has 2 aliphatic rings. The van der Waals surface area contributed by atoms with Crippen LogP contribution in [-0.2, 0) is 24.8 Å². The van der Waals surface area contributed by atoms with Crippen LogP contribution in [0.1, 0.15) is 21.9 Å². The van der Waals surface area contributed by atoms with Crippen LogP contribution in [0.4, 0.5) is 5.69 Å². The van der Waals surface area contributed by atoms with Crippen molar-refractivity contribution in [2.75, 3.05) is 25.1 Å². The summed E-state index contributed by atoms with van der Waals surface area (Å²) in [6.07, 6.45) is 2.48. The molecule has 7 nitrogen and oxygen atoms in total. The Bertz CT molecular complexity index is 1020. The van der Waals surface area contributed by atoms with Crippen LogP contribution in [0.15, 0.2) is 36.5 Å². The van der Waals surface area contributed by atoms with E-state index in [1.54, 1.807) is 6.20 Å². The molecule has 27 heavy (non-hydrogen) atoms. The molecule has 3 aromatic rings. The van der Waals surface area contributed by atoms with Crippen molar-refractivity contribution in [3.63, 3.8) is 0 Å². The van der Waals surface area contributed by atoms with Crippen molar-refractivity contribution in [3.05, 3.63) is 53.6 Å². The van der Waals surface area contributed by atoms with Gasteiger partial charge in [-0.15, -0.1) is 0 Å². The highest BCUT2D eigenvalue weighted by molar-refractivity contribution is 6.03. The molecule has 0 saturated carbocycles. The maximum atomic E-state index is 13.0. The Morgan fingerprint density at radius 3 is 2.89 bits per heavy atom. The predicted molar refractivity (Wildman–Crippen MR) is 102 cm³/mol. The molecule has 7 heteroatoms.